The van der Waals surface area contributed by atoms with Gasteiger partial charge < -0.3 is 29.2 Å². The standard InChI is InChI=1S/C19H31N3O4/c1-5-20-19(21-7-9-26-11-10-23-2)22-8-6-15-12-17(24-3)18(25-4)13-16(15)14-22/h12-13H,5-11,14H2,1-4H3,(H,20,21). The highest BCUT2D eigenvalue weighted by molar-refractivity contribution is 5.80. The Balaban J connectivity index is 2.02. The van der Waals surface area contributed by atoms with Gasteiger partial charge in [-0.2, -0.15) is 0 Å². The van der Waals surface area contributed by atoms with Crippen LogP contribution in [0.3, 0.4) is 0 Å². The number of methoxy groups -OCH3 is 3. The van der Waals surface area contributed by atoms with Crippen molar-refractivity contribution in [2.24, 2.45) is 4.99 Å². The first-order chi connectivity index (χ1) is 12.7. The molecule has 0 spiro atoms. The molecule has 26 heavy (non-hydrogen) atoms. The Morgan fingerprint density at radius 1 is 1.08 bits per heavy atom. The van der Waals surface area contributed by atoms with Gasteiger partial charge in [-0.3, -0.25) is 4.99 Å². The van der Waals surface area contributed by atoms with Crippen molar-refractivity contribution in [1.29, 1.82) is 0 Å². The van der Waals surface area contributed by atoms with Gasteiger partial charge in [0, 0.05) is 26.7 Å². The largest absolute Gasteiger partial charge is 0.493 e. The van der Waals surface area contributed by atoms with Crippen LogP contribution in [0.15, 0.2) is 17.1 Å². The van der Waals surface area contributed by atoms with E-state index < -0.39 is 0 Å². The van der Waals surface area contributed by atoms with E-state index in [1.54, 1.807) is 21.3 Å². The molecule has 0 saturated carbocycles. The Hall–Kier alpha value is -1.99. The lowest BCUT2D eigenvalue weighted by Crippen LogP contribution is -2.44. The lowest BCUT2D eigenvalue weighted by atomic mass is 9.99. The van der Waals surface area contributed by atoms with Gasteiger partial charge in [0.25, 0.3) is 0 Å². The van der Waals surface area contributed by atoms with E-state index in [1.807, 2.05) is 0 Å². The summed E-state index contributed by atoms with van der Waals surface area (Å²) in [5.41, 5.74) is 2.55. The second-order valence-electron chi connectivity index (χ2n) is 5.99. The fourth-order valence-electron chi connectivity index (χ4n) is 2.95. The molecular weight excluding hydrogens is 334 g/mol. The number of nitrogens with one attached hydrogen (secondary N) is 1. The van der Waals surface area contributed by atoms with Crippen molar-refractivity contribution in [3.05, 3.63) is 23.3 Å². The number of aliphatic imine (C=N–C) groups is 1. The zero-order valence-electron chi connectivity index (χ0n) is 16.3. The maximum atomic E-state index is 5.49. The fourth-order valence-corrected chi connectivity index (χ4v) is 2.95. The van der Waals surface area contributed by atoms with E-state index in [1.165, 1.54) is 11.1 Å². The zero-order chi connectivity index (χ0) is 18.8. The Morgan fingerprint density at radius 3 is 2.46 bits per heavy atom. The number of benzene rings is 1. The summed E-state index contributed by atoms with van der Waals surface area (Å²) in [5, 5.41) is 3.38. The van der Waals surface area contributed by atoms with E-state index >= 15 is 0 Å². The van der Waals surface area contributed by atoms with Gasteiger partial charge in [0.1, 0.15) is 0 Å². The van der Waals surface area contributed by atoms with Crippen molar-refractivity contribution >= 4 is 5.96 Å². The van der Waals surface area contributed by atoms with E-state index in [0.29, 0.717) is 26.4 Å². The van der Waals surface area contributed by atoms with Crippen LogP contribution in [0.4, 0.5) is 0 Å². The number of hydrogen-bond acceptors (Lipinski definition) is 5. The third kappa shape index (κ3) is 5.51. The summed E-state index contributed by atoms with van der Waals surface area (Å²) >= 11 is 0. The van der Waals surface area contributed by atoms with Gasteiger partial charge >= 0.3 is 0 Å². The fraction of sp³-hybridized carbons (Fsp3) is 0.632. The minimum atomic E-state index is 0.591. The van der Waals surface area contributed by atoms with E-state index in [0.717, 1.165) is 43.5 Å². The number of hydrogen-bond donors (Lipinski definition) is 1. The van der Waals surface area contributed by atoms with Crippen molar-refractivity contribution in [2.45, 2.75) is 19.9 Å². The lowest BCUT2D eigenvalue weighted by Gasteiger charge is -2.32. The minimum Gasteiger partial charge on any atom is -0.493 e. The predicted octanol–water partition coefficient (Wildman–Crippen LogP) is 1.69. The molecule has 0 amide bonds. The monoisotopic (exact) mass is 365 g/mol. The van der Waals surface area contributed by atoms with E-state index in [9.17, 15) is 0 Å². The second-order valence-corrected chi connectivity index (χ2v) is 5.99. The second kappa shape index (κ2) is 10.9. The number of guanidine groups is 1. The van der Waals surface area contributed by atoms with Gasteiger partial charge in [0.15, 0.2) is 17.5 Å². The van der Waals surface area contributed by atoms with Crippen molar-refractivity contribution in [1.82, 2.24) is 10.2 Å². The van der Waals surface area contributed by atoms with Crippen LogP contribution in [-0.2, 0) is 22.4 Å². The normalized spacial score (nSPS) is 14.2. The summed E-state index contributed by atoms with van der Waals surface area (Å²) in [6.45, 7) is 7.05. The van der Waals surface area contributed by atoms with Crippen LogP contribution in [0.2, 0.25) is 0 Å². The molecule has 1 aliphatic heterocycles. The molecule has 1 aromatic rings. The summed E-state index contributed by atoms with van der Waals surface area (Å²) in [5.74, 6) is 2.47. The quantitative estimate of drug-likeness (QED) is 0.408. The summed E-state index contributed by atoms with van der Waals surface area (Å²) in [4.78, 5) is 6.96. The highest BCUT2D eigenvalue weighted by atomic mass is 16.5. The Bertz CT molecular complexity index is 592. The van der Waals surface area contributed by atoms with E-state index in [4.69, 9.17) is 23.9 Å². The van der Waals surface area contributed by atoms with Crippen LogP contribution in [0.25, 0.3) is 0 Å². The van der Waals surface area contributed by atoms with E-state index in [-0.39, 0.29) is 0 Å². The molecule has 7 nitrogen and oxygen atoms in total. The lowest BCUT2D eigenvalue weighted by molar-refractivity contribution is 0.0747. The average molecular weight is 365 g/mol. The molecule has 0 fully saturated rings. The van der Waals surface area contributed by atoms with Gasteiger partial charge in [-0.05, 0) is 36.6 Å². The van der Waals surface area contributed by atoms with Crippen LogP contribution in [0, 0.1) is 0 Å². The smallest absolute Gasteiger partial charge is 0.194 e. The Morgan fingerprint density at radius 2 is 1.81 bits per heavy atom. The maximum Gasteiger partial charge on any atom is 0.194 e. The van der Waals surface area contributed by atoms with Crippen LogP contribution in [0.5, 0.6) is 11.5 Å². The first kappa shape index (κ1) is 20.3. The number of rotatable bonds is 9. The number of fused-ring (bicyclic) bond motifs is 1. The molecule has 1 aromatic carbocycles. The first-order valence-electron chi connectivity index (χ1n) is 9.07. The molecule has 0 bridgehead atoms. The molecule has 2 rings (SSSR count). The molecular formula is C19H31N3O4. The summed E-state index contributed by atoms with van der Waals surface area (Å²) < 4.78 is 21.3. The van der Waals surface area contributed by atoms with Crippen molar-refractivity contribution in [3.8, 4) is 11.5 Å². The van der Waals surface area contributed by atoms with E-state index in [2.05, 4.69) is 29.3 Å². The SMILES string of the molecule is CCNC(=NCCOCCOC)N1CCc2cc(OC)c(OC)cc2C1. The molecule has 1 N–H and O–H groups in total. The van der Waals surface area contributed by atoms with Crippen molar-refractivity contribution in [2.75, 3.05) is 60.8 Å². The topological polar surface area (TPSA) is 64.6 Å². The van der Waals surface area contributed by atoms with Crippen molar-refractivity contribution in [3.63, 3.8) is 0 Å². The molecule has 0 unspecified atom stereocenters. The van der Waals surface area contributed by atoms with Crippen LogP contribution < -0.4 is 14.8 Å². The third-order valence-electron chi connectivity index (χ3n) is 4.28. The predicted molar refractivity (Wildman–Crippen MR) is 102 cm³/mol. The number of ether oxygens (including phenoxy) is 4. The molecule has 0 saturated heterocycles. The van der Waals surface area contributed by atoms with Crippen LogP contribution in [0.1, 0.15) is 18.1 Å². The molecule has 1 aliphatic rings. The highest BCUT2D eigenvalue weighted by Gasteiger charge is 2.21. The molecule has 0 radical (unpaired) electrons. The Kier molecular flexibility index (Phi) is 8.50. The van der Waals surface area contributed by atoms with Crippen LogP contribution >= 0.6 is 0 Å². The highest BCUT2D eigenvalue weighted by Crippen LogP contribution is 2.33. The maximum absolute atomic E-state index is 5.49. The third-order valence-corrected chi connectivity index (χ3v) is 4.28. The minimum absolute atomic E-state index is 0.591. The van der Waals surface area contributed by atoms with Gasteiger partial charge in [-0.25, -0.2) is 0 Å². The first-order valence-corrected chi connectivity index (χ1v) is 9.07. The molecule has 0 aromatic heterocycles. The van der Waals surface area contributed by atoms with Crippen molar-refractivity contribution < 1.29 is 18.9 Å². The molecule has 0 aliphatic carbocycles. The van der Waals surface area contributed by atoms with Gasteiger partial charge in [-0.15, -0.1) is 0 Å². The average Bonchev–Trinajstić information content (AvgIpc) is 2.68. The van der Waals surface area contributed by atoms with Gasteiger partial charge in [0.2, 0.25) is 0 Å². The summed E-state index contributed by atoms with van der Waals surface area (Å²) in [6.07, 6.45) is 0.949. The summed E-state index contributed by atoms with van der Waals surface area (Å²) in [6, 6.07) is 4.15. The molecule has 7 heteroatoms. The van der Waals surface area contributed by atoms with Gasteiger partial charge in [0.05, 0.1) is 40.6 Å². The van der Waals surface area contributed by atoms with Gasteiger partial charge in [-0.1, -0.05) is 0 Å². The zero-order valence-corrected chi connectivity index (χ0v) is 16.3. The summed E-state index contributed by atoms with van der Waals surface area (Å²) in [7, 11) is 5.01. The number of nitrogens with zero attached hydrogens (tertiary/aromatic N) is 2. The van der Waals surface area contributed by atoms with Crippen LogP contribution in [-0.4, -0.2) is 71.6 Å². The Labute approximate surface area is 156 Å². The molecule has 146 valence electrons. The molecule has 0 atom stereocenters. The molecule has 1 heterocycles.